The Balaban J connectivity index is 0. The Morgan fingerprint density at radius 3 is 2.13 bits per heavy atom. The molecule has 5 heteroatoms. The molecule has 0 aliphatic heterocycles. The van der Waals surface area contributed by atoms with Gasteiger partial charge < -0.3 is 15.0 Å². The van der Waals surface area contributed by atoms with Crippen LogP contribution in [0.4, 0.5) is 4.79 Å². The van der Waals surface area contributed by atoms with Gasteiger partial charge in [-0.2, -0.15) is 0 Å². The number of alkyl carbamates (subject to hydrolysis) is 1. The predicted molar refractivity (Wildman–Crippen MR) is 97.9 cm³/mol. The van der Waals surface area contributed by atoms with Crippen molar-refractivity contribution in [1.29, 1.82) is 0 Å². The van der Waals surface area contributed by atoms with E-state index in [1.54, 1.807) is 0 Å². The maximum absolute atomic E-state index is 11.4. The van der Waals surface area contributed by atoms with Crippen LogP contribution in [0.3, 0.4) is 0 Å². The smallest absolute Gasteiger partial charge is 0.407 e. The number of carbonyl (C=O) groups excluding carboxylic acids is 1. The van der Waals surface area contributed by atoms with Crippen molar-refractivity contribution in [2.24, 2.45) is 0 Å². The molecule has 2 N–H and O–H groups in total. The van der Waals surface area contributed by atoms with Crippen molar-refractivity contribution in [3.63, 3.8) is 0 Å². The molecule has 0 fully saturated rings. The number of imidazole rings is 1. The zero-order valence-corrected chi connectivity index (χ0v) is 16.6. The summed E-state index contributed by atoms with van der Waals surface area (Å²) in [5.74, 6) is 1.02. The van der Waals surface area contributed by atoms with Crippen LogP contribution >= 0.6 is 0 Å². The second-order valence-corrected chi connectivity index (χ2v) is 5.78. The third kappa shape index (κ3) is 12.7. The molecule has 23 heavy (non-hydrogen) atoms. The largest absolute Gasteiger partial charge is 0.444 e. The first-order chi connectivity index (χ1) is 10.8. The Bertz CT molecular complexity index is 401. The molecule has 1 amide bonds. The van der Waals surface area contributed by atoms with Gasteiger partial charge in [0.05, 0.1) is 5.69 Å². The number of rotatable bonds is 5. The van der Waals surface area contributed by atoms with E-state index in [2.05, 4.69) is 15.3 Å². The van der Waals surface area contributed by atoms with Crippen molar-refractivity contribution >= 4 is 6.09 Å². The van der Waals surface area contributed by atoms with Crippen molar-refractivity contribution in [3.8, 4) is 0 Å². The third-order valence-electron chi connectivity index (χ3n) is 2.69. The zero-order chi connectivity index (χ0) is 18.5. The van der Waals surface area contributed by atoms with E-state index >= 15 is 0 Å². The zero-order valence-electron chi connectivity index (χ0n) is 16.6. The van der Waals surface area contributed by atoms with Crippen LogP contribution in [0.15, 0.2) is 0 Å². The van der Waals surface area contributed by atoms with Gasteiger partial charge in [-0.3, -0.25) is 0 Å². The van der Waals surface area contributed by atoms with Gasteiger partial charge in [-0.25, -0.2) is 9.78 Å². The van der Waals surface area contributed by atoms with Crippen LogP contribution in [-0.4, -0.2) is 28.2 Å². The van der Waals surface area contributed by atoms with E-state index in [-0.39, 0.29) is 6.09 Å². The first-order valence-corrected chi connectivity index (χ1v) is 8.77. The number of H-pyrrole nitrogens is 1. The highest BCUT2D eigenvalue weighted by molar-refractivity contribution is 5.67. The van der Waals surface area contributed by atoms with E-state index in [4.69, 9.17) is 4.74 Å². The van der Waals surface area contributed by atoms with Crippen molar-refractivity contribution in [1.82, 2.24) is 15.3 Å². The van der Waals surface area contributed by atoms with Gasteiger partial charge >= 0.3 is 6.09 Å². The van der Waals surface area contributed by atoms with Gasteiger partial charge in [-0.1, -0.05) is 27.7 Å². The molecule has 0 aliphatic carbocycles. The number of carbonyl (C=O) groups is 1. The molecule has 0 aromatic carbocycles. The molecule has 0 saturated heterocycles. The number of aromatic nitrogens is 2. The van der Waals surface area contributed by atoms with Gasteiger partial charge in [0.2, 0.25) is 0 Å². The Labute approximate surface area is 142 Å². The summed E-state index contributed by atoms with van der Waals surface area (Å²) in [5, 5.41) is 2.75. The van der Waals surface area contributed by atoms with E-state index in [0.29, 0.717) is 6.54 Å². The molecule has 0 saturated carbocycles. The molecule has 1 aromatic rings. The fraction of sp³-hybridized carbons (Fsp3) is 0.778. The van der Waals surface area contributed by atoms with E-state index in [9.17, 15) is 4.79 Å². The summed E-state index contributed by atoms with van der Waals surface area (Å²) in [6.45, 7) is 18.2. The summed E-state index contributed by atoms with van der Waals surface area (Å²) in [4.78, 5) is 19.1. The molecule has 0 unspecified atom stereocenters. The number of unbranched alkanes of at least 4 members (excludes halogenated alkanes) is 1. The van der Waals surface area contributed by atoms with Crippen LogP contribution in [0.2, 0.25) is 0 Å². The molecule has 0 spiro atoms. The van der Waals surface area contributed by atoms with Gasteiger partial charge in [0.15, 0.2) is 0 Å². The summed E-state index contributed by atoms with van der Waals surface area (Å²) in [5.41, 5.74) is 1.75. The van der Waals surface area contributed by atoms with Crippen LogP contribution in [0.1, 0.15) is 78.5 Å². The monoisotopic (exact) mass is 327 g/mol. The lowest BCUT2D eigenvalue weighted by atomic mass is 10.2. The summed E-state index contributed by atoms with van der Waals surface area (Å²) >= 11 is 0. The number of nitrogens with zero attached hydrogens (tertiary/aromatic N) is 1. The summed E-state index contributed by atoms with van der Waals surface area (Å²) < 4.78 is 5.15. The maximum atomic E-state index is 11.4. The molecule has 0 atom stereocenters. The summed E-state index contributed by atoms with van der Waals surface area (Å²) in [7, 11) is 0. The average Bonchev–Trinajstić information content (AvgIpc) is 2.80. The highest BCUT2D eigenvalue weighted by atomic mass is 16.6. The third-order valence-corrected chi connectivity index (χ3v) is 2.69. The summed E-state index contributed by atoms with van der Waals surface area (Å²) in [6.07, 6.45) is 2.46. The van der Waals surface area contributed by atoms with E-state index in [0.717, 1.165) is 36.5 Å². The Hall–Kier alpha value is -1.52. The van der Waals surface area contributed by atoms with Gasteiger partial charge in [-0.15, -0.1) is 0 Å². The SMILES string of the molecule is CC.CC.Cc1nc(CCCCNC(=O)OC(C)(C)C)[nH]c1C. The fourth-order valence-corrected chi connectivity index (χ4v) is 1.66. The highest BCUT2D eigenvalue weighted by Crippen LogP contribution is 2.07. The number of aryl methyl sites for hydroxylation is 3. The highest BCUT2D eigenvalue weighted by Gasteiger charge is 2.15. The molecule has 136 valence electrons. The van der Waals surface area contributed by atoms with Gasteiger partial charge in [-0.05, 0) is 47.5 Å². The number of hydrogen-bond donors (Lipinski definition) is 2. The second kappa shape index (κ2) is 13.0. The Morgan fingerprint density at radius 1 is 1.13 bits per heavy atom. The van der Waals surface area contributed by atoms with Crippen LogP contribution in [0.25, 0.3) is 0 Å². The first kappa shape index (κ1) is 23.7. The molecule has 0 bridgehead atoms. The number of hydrogen-bond acceptors (Lipinski definition) is 3. The molecular weight excluding hydrogens is 290 g/mol. The minimum Gasteiger partial charge on any atom is -0.444 e. The van der Waals surface area contributed by atoms with Crippen LogP contribution in [0.5, 0.6) is 0 Å². The Morgan fingerprint density at radius 2 is 1.70 bits per heavy atom. The van der Waals surface area contributed by atoms with Gasteiger partial charge in [0.25, 0.3) is 0 Å². The maximum Gasteiger partial charge on any atom is 0.407 e. The quantitative estimate of drug-likeness (QED) is 0.754. The summed E-state index contributed by atoms with van der Waals surface area (Å²) in [6, 6.07) is 0. The number of nitrogens with one attached hydrogen (secondary N) is 2. The van der Waals surface area contributed by atoms with Gasteiger partial charge in [0.1, 0.15) is 11.4 Å². The molecular formula is C18H37N3O2. The van der Waals surface area contributed by atoms with E-state index in [1.807, 2.05) is 62.3 Å². The number of aromatic amines is 1. The second-order valence-electron chi connectivity index (χ2n) is 5.78. The number of amides is 1. The minimum atomic E-state index is -0.437. The number of ether oxygens (including phenoxy) is 1. The average molecular weight is 328 g/mol. The fourth-order valence-electron chi connectivity index (χ4n) is 1.66. The molecule has 1 heterocycles. The van der Waals surface area contributed by atoms with Crippen LogP contribution in [0, 0.1) is 13.8 Å². The molecule has 1 rings (SSSR count). The van der Waals surface area contributed by atoms with Crippen LogP contribution in [-0.2, 0) is 11.2 Å². The van der Waals surface area contributed by atoms with Crippen molar-refractivity contribution in [3.05, 3.63) is 17.2 Å². The van der Waals surface area contributed by atoms with Crippen molar-refractivity contribution < 1.29 is 9.53 Å². The Kier molecular flexibility index (Phi) is 13.4. The molecule has 0 aliphatic rings. The lowest BCUT2D eigenvalue weighted by Gasteiger charge is -2.19. The molecule has 0 radical (unpaired) electrons. The van der Waals surface area contributed by atoms with Crippen LogP contribution < -0.4 is 5.32 Å². The standard InChI is InChI=1S/C14H25N3O2.2C2H6/c1-10-11(2)17-12(16-10)8-6-7-9-15-13(18)19-14(3,4)5;2*1-2/h6-9H2,1-5H3,(H,15,18)(H,16,17);2*1-2H3. The van der Waals surface area contributed by atoms with Crippen molar-refractivity contribution in [2.45, 2.75) is 87.2 Å². The minimum absolute atomic E-state index is 0.350. The van der Waals surface area contributed by atoms with E-state index < -0.39 is 5.60 Å². The lowest BCUT2D eigenvalue weighted by molar-refractivity contribution is 0.0527. The topological polar surface area (TPSA) is 67.0 Å². The lowest BCUT2D eigenvalue weighted by Crippen LogP contribution is -2.33. The van der Waals surface area contributed by atoms with Gasteiger partial charge in [0, 0.05) is 18.7 Å². The normalized spacial score (nSPS) is 9.96. The first-order valence-electron chi connectivity index (χ1n) is 8.77. The van der Waals surface area contributed by atoms with Crippen molar-refractivity contribution in [2.75, 3.05) is 6.54 Å². The molecule has 5 nitrogen and oxygen atoms in total. The van der Waals surface area contributed by atoms with E-state index in [1.165, 1.54) is 0 Å². The predicted octanol–water partition coefficient (Wildman–Crippen LogP) is 4.93. The molecule has 1 aromatic heterocycles.